The minimum absolute atomic E-state index is 0.150. The molecule has 0 bridgehead atoms. The molecule has 0 aliphatic heterocycles. The predicted molar refractivity (Wildman–Crippen MR) is 77.2 cm³/mol. The van der Waals surface area contributed by atoms with Crippen molar-refractivity contribution in [1.29, 1.82) is 0 Å². The molecule has 1 nitrogen and oxygen atoms in total. The van der Waals surface area contributed by atoms with E-state index in [0.717, 1.165) is 11.3 Å². The third-order valence-corrected chi connectivity index (χ3v) is 2.93. The van der Waals surface area contributed by atoms with Gasteiger partial charge in [-0.1, -0.05) is 42.2 Å². The Bertz CT molecular complexity index is 569. The molecule has 2 N–H and O–H groups in total. The molecule has 1 heteroatoms. The molecule has 0 saturated heterocycles. The average Bonchev–Trinajstić information content (AvgIpc) is 2.39. The predicted octanol–water partition coefficient (Wildman–Crippen LogP) is 3.60. The van der Waals surface area contributed by atoms with Crippen molar-refractivity contribution < 1.29 is 0 Å². The monoisotopic (exact) mass is 235 g/mol. The highest BCUT2D eigenvalue weighted by Crippen LogP contribution is 2.21. The van der Waals surface area contributed by atoms with Crippen molar-refractivity contribution in [2.45, 2.75) is 19.3 Å². The van der Waals surface area contributed by atoms with Gasteiger partial charge in [-0.15, -0.1) is 0 Å². The fraction of sp³-hybridized carbons (Fsp3) is 0.176. The largest absolute Gasteiger partial charge is 0.399 e. The zero-order valence-corrected chi connectivity index (χ0v) is 10.8. The first-order valence-corrected chi connectivity index (χ1v) is 6.02. The zero-order chi connectivity index (χ0) is 13.0. The Kier molecular flexibility index (Phi) is 3.39. The summed E-state index contributed by atoms with van der Waals surface area (Å²) in [6, 6.07) is 18.0. The summed E-state index contributed by atoms with van der Waals surface area (Å²) in [6.45, 7) is 4.26. The molecular weight excluding hydrogens is 218 g/mol. The van der Waals surface area contributed by atoms with Crippen LogP contribution in [0.3, 0.4) is 0 Å². The van der Waals surface area contributed by atoms with Crippen molar-refractivity contribution >= 4 is 5.69 Å². The molecule has 18 heavy (non-hydrogen) atoms. The molecule has 2 rings (SSSR count). The first kappa shape index (κ1) is 12.3. The smallest absolute Gasteiger partial charge is 0.0510 e. The van der Waals surface area contributed by atoms with Gasteiger partial charge in [-0.25, -0.2) is 0 Å². The van der Waals surface area contributed by atoms with Crippen molar-refractivity contribution in [3.8, 4) is 11.8 Å². The van der Waals surface area contributed by atoms with E-state index < -0.39 is 0 Å². The van der Waals surface area contributed by atoms with E-state index in [1.54, 1.807) is 0 Å². The first-order valence-electron chi connectivity index (χ1n) is 6.02. The van der Waals surface area contributed by atoms with Gasteiger partial charge in [0.1, 0.15) is 0 Å². The van der Waals surface area contributed by atoms with Crippen LogP contribution in [0.25, 0.3) is 0 Å². The first-order chi connectivity index (χ1) is 8.58. The Hall–Kier alpha value is -2.20. The van der Waals surface area contributed by atoms with Gasteiger partial charge >= 0.3 is 0 Å². The molecule has 0 unspecified atom stereocenters. The second kappa shape index (κ2) is 4.98. The van der Waals surface area contributed by atoms with Gasteiger partial charge in [-0.3, -0.25) is 0 Å². The number of hydrogen-bond donors (Lipinski definition) is 1. The number of nitrogen functional groups attached to an aromatic ring is 1. The molecule has 0 aromatic heterocycles. The SMILES string of the molecule is CC(C)(C#Cc1ccc(N)cc1)c1ccccc1. The summed E-state index contributed by atoms with van der Waals surface area (Å²) in [5, 5.41) is 0. The summed E-state index contributed by atoms with van der Waals surface area (Å²) in [5.74, 6) is 6.53. The van der Waals surface area contributed by atoms with Crippen molar-refractivity contribution in [3.63, 3.8) is 0 Å². The van der Waals surface area contributed by atoms with E-state index in [9.17, 15) is 0 Å². The van der Waals surface area contributed by atoms with E-state index in [4.69, 9.17) is 5.73 Å². The highest BCUT2D eigenvalue weighted by Gasteiger charge is 2.16. The topological polar surface area (TPSA) is 26.0 Å². The van der Waals surface area contributed by atoms with Gasteiger partial charge < -0.3 is 5.73 Å². The summed E-state index contributed by atoms with van der Waals surface area (Å²) in [6.07, 6.45) is 0. The van der Waals surface area contributed by atoms with Crippen LogP contribution in [0.4, 0.5) is 5.69 Å². The Balaban J connectivity index is 2.26. The van der Waals surface area contributed by atoms with Gasteiger partial charge in [0.2, 0.25) is 0 Å². The number of rotatable bonds is 1. The van der Waals surface area contributed by atoms with E-state index in [1.807, 2.05) is 42.5 Å². The standard InChI is InChI=1S/C17H17N/c1-17(2,15-6-4-3-5-7-15)13-12-14-8-10-16(18)11-9-14/h3-11H,18H2,1-2H3. The van der Waals surface area contributed by atoms with E-state index in [-0.39, 0.29) is 5.41 Å². The highest BCUT2D eigenvalue weighted by molar-refractivity contribution is 5.46. The Labute approximate surface area is 109 Å². The Morgan fingerprint density at radius 2 is 1.50 bits per heavy atom. The third kappa shape index (κ3) is 2.93. The molecule has 0 radical (unpaired) electrons. The van der Waals surface area contributed by atoms with Crippen LogP contribution in [-0.2, 0) is 5.41 Å². The molecular formula is C17H17N. The molecule has 2 aromatic rings. The average molecular weight is 235 g/mol. The number of hydrogen-bond acceptors (Lipinski definition) is 1. The summed E-state index contributed by atoms with van der Waals surface area (Å²) in [4.78, 5) is 0. The molecule has 0 atom stereocenters. The molecule has 0 aliphatic rings. The van der Waals surface area contributed by atoms with E-state index in [1.165, 1.54) is 5.56 Å². The molecule has 0 saturated carbocycles. The van der Waals surface area contributed by atoms with Gasteiger partial charge in [0.15, 0.2) is 0 Å². The fourth-order valence-electron chi connectivity index (χ4n) is 1.72. The van der Waals surface area contributed by atoms with Gasteiger partial charge in [0.05, 0.1) is 5.41 Å². The molecule has 0 fully saturated rings. The van der Waals surface area contributed by atoms with Crippen LogP contribution in [0.1, 0.15) is 25.0 Å². The molecule has 0 heterocycles. The molecule has 90 valence electrons. The zero-order valence-electron chi connectivity index (χ0n) is 10.8. The van der Waals surface area contributed by atoms with Gasteiger partial charge in [0, 0.05) is 11.3 Å². The van der Waals surface area contributed by atoms with E-state index in [0.29, 0.717) is 0 Å². The van der Waals surface area contributed by atoms with Gasteiger partial charge in [-0.2, -0.15) is 0 Å². The molecule has 0 amide bonds. The molecule has 0 aliphatic carbocycles. The number of anilines is 1. The van der Waals surface area contributed by atoms with Crippen LogP contribution in [0.15, 0.2) is 54.6 Å². The van der Waals surface area contributed by atoms with Crippen LogP contribution < -0.4 is 5.73 Å². The van der Waals surface area contributed by atoms with Crippen LogP contribution in [0, 0.1) is 11.8 Å². The lowest BCUT2D eigenvalue weighted by Gasteiger charge is -2.17. The maximum absolute atomic E-state index is 5.65. The lowest BCUT2D eigenvalue weighted by molar-refractivity contribution is 0.698. The lowest BCUT2D eigenvalue weighted by atomic mass is 9.85. The van der Waals surface area contributed by atoms with Crippen LogP contribution >= 0.6 is 0 Å². The van der Waals surface area contributed by atoms with Crippen molar-refractivity contribution in [3.05, 3.63) is 65.7 Å². The normalized spacial score (nSPS) is 10.6. The Morgan fingerprint density at radius 1 is 0.889 bits per heavy atom. The maximum Gasteiger partial charge on any atom is 0.0510 e. The third-order valence-electron chi connectivity index (χ3n) is 2.93. The maximum atomic E-state index is 5.65. The summed E-state index contributed by atoms with van der Waals surface area (Å²) < 4.78 is 0. The minimum atomic E-state index is -0.150. The summed E-state index contributed by atoms with van der Waals surface area (Å²) >= 11 is 0. The van der Waals surface area contributed by atoms with Gasteiger partial charge in [0.25, 0.3) is 0 Å². The summed E-state index contributed by atoms with van der Waals surface area (Å²) in [7, 11) is 0. The number of nitrogens with two attached hydrogens (primary N) is 1. The molecule has 2 aromatic carbocycles. The quantitative estimate of drug-likeness (QED) is 0.593. The minimum Gasteiger partial charge on any atom is -0.399 e. The van der Waals surface area contributed by atoms with Crippen LogP contribution in [0.2, 0.25) is 0 Å². The number of benzene rings is 2. The van der Waals surface area contributed by atoms with Crippen molar-refractivity contribution in [1.82, 2.24) is 0 Å². The van der Waals surface area contributed by atoms with Crippen LogP contribution in [0.5, 0.6) is 0 Å². The molecule has 0 spiro atoms. The second-order valence-corrected chi connectivity index (χ2v) is 4.86. The second-order valence-electron chi connectivity index (χ2n) is 4.86. The highest BCUT2D eigenvalue weighted by atomic mass is 14.5. The van der Waals surface area contributed by atoms with E-state index >= 15 is 0 Å². The van der Waals surface area contributed by atoms with Gasteiger partial charge in [-0.05, 0) is 43.7 Å². The lowest BCUT2D eigenvalue weighted by Crippen LogP contribution is -2.13. The Morgan fingerprint density at radius 3 is 2.11 bits per heavy atom. The van der Waals surface area contributed by atoms with E-state index in [2.05, 4.69) is 37.8 Å². The van der Waals surface area contributed by atoms with Crippen molar-refractivity contribution in [2.75, 3.05) is 5.73 Å². The summed E-state index contributed by atoms with van der Waals surface area (Å²) in [5.41, 5.74) is 8.49. The fourth-order valence-corrected chi connectivity index (χ4v) is 1.72. The van der Waals surface area contributed by atoms with Crippen molar-refractivity contribution in [2.24, 2.45) is 0 Å². The van der Waals surface area contributed by atoms with Crippen LogP contribution in [-0.4, -0.2) is 0 Å².